The first-order valence-corrected chi connectivity index (χ1v) is 1.81. The van der Waals surface area contributed by atoms with Crippen LogP contribution in [0.2, 0.25) is 0 Å². The zero-order valence-electron chi connectivity index (χ0n) is 4.47. The van der Waals surface area contributed by atoms with Gasteiger partial charge in [-0.05, 0) is 6.92 Å². The van der Waals surface area contributed by atoms with Crippen LogP contribution >= 0.6 is 12.2 Å². The molecule has 4 heteroatoms. The Morgan fingerprint density at radius 2 is 2.14 bits per heavy atom. The molecule has 0 bridgehead atoms. The van der Waals surface area contributed by atoms with Gasteiger partial charge in [0, 0.05) is 6.61 Å². The third-order valence-electron chi connectivity index (χ3n) is 0.203. The molecule has 0 aromatic carbocycles. The van der Waals surface area contributed by atoms with Crippen molar-refractivity contribution in [1.29, 1.82) is 0 Å². The molecule has 0 aliphatic heterocycles. The van der Waals surface area contributed by atoms with Crippen LogP contribution in [0.25, 0.3) is 0 Å². The average Bonchev–Trinajstić information content (AvgIpc) is 1.41. The second-order valence-corrected chi connectivity index (χ2v) is 0.683. The quantitative estimate of drug-likeness (QED) is 0.141. The molecule has 0 saturated carbocycles. The number of ether oxygens (including phenoxy) is 1. The van der Waals surface area contributed by atoms with Gasteiger partial charge in [0.25, 0.3) is 0 Å². The van der Waals surface area contributed by atoms with Gasteiger partial charge in [-0.15, -0.1) is 0 Å². The van der Waals surface area contributed by atoms with E-state index in [0.717, 1.165) is 0 Å². The number of thiol groups is 1. The molecule has 0 rings (SSSR count). The first-order chi connectivity index (χ1) is 2.41. The molecular weight excluding hydrogens is 139 g/mol. The molecule has 7 heavy (non-hydrogen) atoms. The molecule has 0 unspecified atom stereocenters. The van der Waals surface area contributed by atoms with E-state index in [-0.39, 0.29) is 43.1 Å². The Bertz CT molecular complexity index is 34.1. The molecule has 0 atom stereocenters. The predicted molar refractivity (Wildman–Crippen MR) is 33.0 cm³/mol. The summed E-state index contributed by atoms with van der Waals surface area (Å²) >= 11 is 4.18. The van der Waals surface area contributed by atoms with E-state index in [1.807, 2.05) is 6.92 Å². The molecule has 0 aromatic heterocycles. The second kappa shape index (κ2) is 15.7. The molecule has 0 heterocycles. The molecule has 0 aliphatic rings. The summed E-state index contributed by atoms with van der Waals surface area (Å²) in [7, 11) is 0. The van der Waals surface area contributed by atoms with Crippen LogP contribution in [0.1, 0.15) is 6.92 Å². The fourth-order valence-corrected chi connectivity index (χ4v) is 0.177. The monoisotopic (exact) mass is 145 g/mol. The summed E-state index contributed by atoms with van der Waals surface area (Å²) in [5.74, 6) is 0. The van der Waals surface area contributed by atoms with Crippen LogP contribution in [0, 0.1) is 0 Å². The average molecular weight is 145 g/mol. The van der Waals surface area contributed by atoms with E-state index in [4.69, 9.17) is 0 Å². The normalized spacial score (nSPS) is 4.71. The van der Waals surface area contributed by atoms with Gasteiger partial charge in [0.2, 0.25) is 0 Å². The molecule has 0 aliphatic carbocycles. The Labute approximate surface area is 78.5 Å². The Hall–Kier alpha value is 1.24. The number of rotatable bonds is 2. The van der Waals surface area contributed by atoms with E-state index >= 15 is 0 Å². The van der Waals surface area contributed by atoms with Crippen molar-refractivity contribution in [2.24, 2.45) is 0 Å². The third-order valence-corrected chi connectivity index (χ3v) is 0.321. The molecular formula is C3H6NaOS2-. The molecule has 0 aromatic rings. The fourth-order valence-electron chi connectivity index (χ4n) is 0.0589. The molecule has 0 fully saturated rings. The minimum absolute atomic E-state index is 0. The zero-order chi connectivity index (χ0) is 4.12. The van der Waals surface area contributed by atoms with Gasteiger partial charge in [-0.25, -0.2) is 5.55 Å². The van der Waals surface area contributed by atoms with E-state index in [1.165, 1.54) is 0 Å². The molecule has 1 nitrogen and oxygen atoms in total. The Balaban J connectivity index is -0.0000000800. The maximum atomic E-state index is 4.40. The minimum atomic E-state index is 0. The largest absolute Gasteiger partial charge is 1.00 e. The van der Waals surface area contributed by atoms with Crippen molar-refractivity contribution in [3.05, 3.63) is 0 Å². The van der Waals surface area contributed by atoms with Crippen LogP contribution < -0.4 is 29.6 Å². The summed E-state index contributed by atoms with van der Waals surface area (Å²) in [4.78, 5) is 0. The Morgan fingerprint density at radius 1 is 1.71 bits per heavy atom. The van der Waals surface area contributed by atoms with Crippen LogP contribution in [0.3, 0.4) is 0 Å². The van der Waals surface area contributed by atoms with Crippen LogP contribution in [0.15, 0.2) is 0 Å². The van der Waals surface area contributed by atoms with E-state index in [1.54, 1.807) is 0 Å². The van der Waals surface area contributed by atoms with E-state index in [0.29, 0.717) is 6.61 Å². The molecule has 0 radical (unpaired) electrons. The summed E-state index contributed by atoms with van der Waals surface area (Å²) in [5.41, 5.74) is 2.10. The van der Waals surface area contributed by atoms with E-state index in [9.17, 15) is 0 Å². The summed E-state index contributed by atoms with van der Waals surface area (Å²) in [6, 6.07) is 0. The maximum Gasteiger partial charge on any atom is 1.00 e. The smallest absolute Gasteiger partial charge is 0.813 e. The number of hydrogen-bond acceptors (Lipinski definition) is 3. The van der Waals surface area contributed by atoms with Crippen LogP contribution in [0.5, 0.6) is 0 Å². The molecule has 0 saturated heterocycles. The summed E-state index contributed by atoms with van der Waals surface area (Å²) in [6.45, 7) is 2.49. The van der Waals surface area contributed by atoms with Gasteiger partial charge in [-0.1, -0.05) is 0 Å². The summed E-state index contributed by atoms with van der Waals surface area (Å²) in [5, 5.41) is 0. The Kier molecular flexibility index (Phi) is 35.2. The molecule has 0 spiro atoms. The summed E-state index contributed by atoms with van der Waals surface area (Å²) in [6.07, 6.45) is 0. The minimum Gasteiger partial charge on any atom is -0.813 e. The van der Waals surface area contributed by atoms with Gasteiger partial charge in [-0.2, -0.15) is 0 Å². The number of hydrogen-bond donors (Lipinski definition) is 0. The van der Waals surface area contributed by atoms with Gasteiger partial charge >= 0.3 is 29.6 Å². The van der Waals surface area contributed by atoms with Crippen molar-refractivity contribution in [3.8, 4) is 0 Å². The number of thiocarbonyl (C=S) groups is 1. The molecule has 0 amide bonds. The standard InChI is InChI=1S/C3H5OS.Na.H2S/c1-2-4-3-5;;/h2H2,1H3;;1H2/q-1;+1;/p-1. The van der Waals surface area contributed by atoms with Crippen LogP contribution in [0.4, 0.5) is 0 Å². The van der Waals surface area contributed by atoms with Crippen molar-refractivity contribution < 1.29 is 34.3 Å². The van der Waals surface area contributed by atoms with Gasteiger partial charge in [0.05, 0.1) is 0 Å². The predicted octanol–water partition coefficient (Wildman–Crippen LogP) is -2.41. The van der Waals surface area contributed by atoms with Crippen molar-refractivity contribution >= 4 is 31.3 Å². The van der Waals surface area contributed by atoms with E-state index < -0.39 is 0 Å². The summed E-state index contributed by atoms with van der Waals surface area (Å²) < 4.78 is 4.40. The second-order valence-electron chi connectivity index (χ2n) is 0.516. The van der Waals surface area contributed by atoms with Crippen molar-refractivity contribution in [2.75, 3.05) is 6.61 Å². The van der Waals surface area contributed by atoms with E-state index in [2.05, 4.69) is 22.5 Å². The maximum absolute atomic E-state index is 4.40. The SMILES string of the molecule is CCO[C-]=S.[Na+].[SH-]. The van der Waals surface area contributed by atoms with Crippen LogP contribution in [-0.2, 0) is 18.2 Å². The van der Waals surface area contributed by atoms with Crippen molar-refractivity contribution in [2.45, 2.75) is 6.92 Å². The first kappa shape index (κ1) is 15.7. The van der Waals surface area contributed by atoms with Crippen molar-refractivity contribution in [1.82, 2.24) is 0 Å². The molecule has 38 valence electrons. The van der Waals surface area contributed by atoms with Gasteiger partial charge in [0.15, 0.2) is 0 Å². The fraction of sp³-hybridized carbons (Fsp3) is 0.667. The topological polar surface area (TPSA) is 9.23 Å². The third kappa shape index (κ3) is 18.9. The van der Waals surface area contributed by atoms with Crippen molar-refractivity contribution in [3.63, 3.8) is 0 Å². The van der Waals surface area contributed by atoms with Gasteiger partial charge in [0.1, 0.15) is 0 Å². The van der Waals surface area contributed by atoms with Gasteiger partial charge in [-0.3, -0.25) is 0 Å². The first-order valence-electron chi connectivity index (χ1n) is 1.40. The zero-order valence-corrected chi connectivity index (χ0v) is 8.18. The van der Waals surface area contributed by atoms with Gasteiger partial charge < -0.3 is 30.5 Å². The molecule has 0 N–H and O–H groups in total. The van der Waals surface area contributed by atoms with Crippen LogP contribution in [-0.4, -0.2) is 12.2 Å². The Morgan fingerprint density at radius 3 is 2.14 bits per heavy atom.